The second kappa shape index (κ2) is 4.33. The third-order valence-electron chi connectivity index (χ3n) is 2.54. The van der Waals surface area contributed by atoms with Crippen molar-refractivity contribution in [2.24, 2.45) is 11.8 Å². The first-order valence-corrected chi connectivity index (χ1v) is 4.76. The molecule has 0 unspecified atom stereocenters. The average molecular weight is 211 g/mol. The van der Waals surface area contributed by atoms with Crippen LogP contribution in [-0.2, 0) is 19.2 Å². The van der Waals surface area contributed by atoms with Crippen LogP contribution in [0.5, 0.6) is 0 Å². The molecular formula is C10H11O5-. The molecule has 0 atom stereocenters. The van der Waals surface area contributed by atoms with E-state index >= 15 is 0 Å². The lowest BCUT2D eigenvalue weighted by Crippen LogP contribution is -2.44. The van der Waals surface area contributed by atoms with E-state index in [0.29, 0.717) is 0 Å². The van der Waals surface area contributed by atoms with E-state index < -0.39 is 35.2 Å². The van der Waals surface area contributed by atoms with Crippen LogP contribution >= 0.6 is 0 Å². The molecule has 0 amide bonds. The summed E-state index contributed by atoms with van der Waals surface area (Å²) in [5, 5.41) is 10.5. The molecule has 1 rings (SSSR count). The highest BCUT2D eigenvalue weighted by molar-refractivity contribution is 6.21. The van der Waals surface area contributed by atoms with Gasteiger partial charge in [-0.05, 0) is 0 Å². The largest absolute Gasteiger partial charge is 0.550 e. The number of carbonyl (C=O) groups is 4. The van der Waals surface area contributed by atoms with Crippen molar-refractivity contribution in [3.8, 4) is 0 Å². The number of ketones is 3. The quantitative estimate of drug-likeness (QED) is 0.551. The van der Waals surface area contributed by atoms with E-state index in [1.54, 1.807) is 6.92 Å². The molecule has 0 aliphatic heterocycles. The fourth-order valence-electron chi connectivity index (χ4n) is 1.70. The summed E-state index contributed by atoms with van der Waals surface area (Å²) >= 11 is 0. The Morgan fingerprint density at radius 1 is 1.27 bits per heavy atom. The Kier molecular flexibility index (Phi) is 3.34. The molecular weight excluding hydrogens is 200 g/mol. The number of carboxylic acid groups (broad SMARTS) is 1. The molecule has 15 heavy (non-hydrogen) atoms. The summed E-state index contributed by atoms with van der Waals surface area (Å²) < 4.78 is 0. The van der Waals surface area contributed by atoms with Gasteiger partial charge in [0.25, 0.3) is 0 Å². The van der Waals surface area contributed by atoms with Crippen molar-refractivity contribution < 1.29 is 24.3 Å². The van der Waals surface area contributed by atoms with Crippen LogP contribution in [-0.4, -0.2) is 23.3 Å². The Morgan fingerprint density at radius 2 is 1.73 bits per heavy atom. The van der Waals surface area contributed by atoms with E-state index in [2.05, 4.69) is 0 Å². The molecule has 0 aromatic rings. The predicted molar refractivity (Wildman–Crippen MR) is 46.5 cm³/mol. The Morgan fingerprint density at radius 3 is 2.07 bits per heavy atom. The van der Waals surface area contributed by atoms with Gasteiger partial charge in [0.15, 0.2) is 17.3 Å². The highest BCUT2D eigenvalue weighted by Crippen LogP contribution is 2.24. The van der Waals surface area contributed by atoms with Crippen molar-refractivity contribution in [1.82, 2.24) is 0 Å². The molecule has 1 aliphatic carbocycles. The maximum atomic E-state index is 11.4. The standard InChI is InChI=1S/C10H12O5/c1-2-6(11)9-7(12)3-5(10(14)15)4-8(9)13/h5,9H,2-4H2,1H3,(H,14,15)/p-1. The Labute approximate surface area is 86.5 Å². The summed E-state index contributed by atoms with van der Waals surface area (Å²) in [4.78, 5) is 44.5. The van der Waals surface area contributed by atoms with Crippen LogP contribution in [0, 0.1) is 11.8 Å². The summed E-state index contributed by atoms with van der Waals surface area (Å²) in [6.07, 6.45) is -0.437. The maximum absolute atomic E-state index is 11.4. The van der Waals surface area contributed by atoms with Crippen molar-refractivity contribution >= 4 is 23.3 Å². The number of hydrogen-bond acceptors (Lipinski definition) is 5. The van der Waals surface area contributed by atoms with Gasteiger partial charge < -0.3 is 9.90 Å². The first-order valence-electron chi connectivity index (χ1n) is 4.76. The van der Waals surface area contributed by atoms with Crippen molar-refractivity contribution in [1.29, 1.82) is 0 Å². The normalized spacial score (nSPS) is 26.5. The molecule has 0 radical (unpaired) electrons. The fourth-order valence-corrected chi connectivity index (χ4v) is 1.70. The molecule has 0 spiro atoms. The maximum Gasteiger partial charge on any atom is 0.151 e. The number of hydrogen-bond donors (Lipinski definition) is 0. The zero-order valence-electron chi connectivity index (χ0n) is 8.32. The van der Waals surface area contributed by atoms with Crippen LogP contribution in [0.3, 0.4) is 0 Å². The molecule has 0 saturated heterocycles. The van der Waals surface area contributed by atoms with E-state index in [1.165, 1.54) is 0 Å². The molecule has 0 aromatic heterocycles. The van der Waals surface area contributed by atoms with Gasteiger partial charge in [-0.1, -0.05) is 6.92 Å². The molecule has 82 valence electrons. The van der Waals surface area contributed by atoms with Gasteiger partial charge >= 0.3 is 0 Å². The van der Waals surface area contributed by atoms with Crippen molar-refractivity contribution in [2.75, 3.05) is 0 Å². The molecule has 5 heteroatoms. The van der Waals surface area contributed by atoms with Gasteiger partial charge in [0.2, 0.25) is 0 Å². The smallest absolute Gasteiger partial charge is 0.151 e. The van der Waals surface area contributed by atoms with Crippen LogP contribution in [0.25, 0.3) is 0 Å². The molecule has 1 aliphatic rings. The summed E-state index contributed by atoms with van der Waals surface area (Å²) in [6, 6.07) is 0. The van der Waals surface area contributed by atoms with Crippen molar-refractivity contribution in [3.05, 3.63) is 0 Å². The molecule has 1 fully saturated rings. The third-order valence-corrected chi connectivity index (χ3v) is 2.54. The van der Waals surface area contributed by atoms with E-state index in [1.807, 2.05) is 0 Å². The lowest BCUT2D eigenvalue weighted by molar-refractivity contribution is -0.311. The number of aliphatic carboxylic acids is 1. The highest BCUT2D eigenvalue weighted by Gasteiger charge is 2.39. The minimum atomic E-state index is -1.40. The van der Waals surface area contributed by atoms with Gasteiger partial charge in [0.05, 0.1) is 0 Å². The zero-order chi connectivity index (χ0) is 11.6. The number of Topliss-reactive ketones (excluding diaryl/α,β-unsaturated/α-hetero) is 3. The molecule has 0 bridgehead atoms. The molecule has 1 saturated carbocycles. The van der Waals surface area contributed by atoms with Crippen LogP contribution in [0.4, 0.5) is 0 Å². The van der Waals surface area contributed by atoms with Gasteiger partial charge in [-0.3, -0.25) is 14.4 Å². The SMILES string of the molecule is CCC(=O)C1C(=O)CC(C(=O)[O-])CC1=O. The Balaban J connectivity index is 2.82. The fraction of sp³-hybridized carbons (Fsp3) is 0.600. The monoisotopic (exact) mass is 211 g/mol. The second-order valence-electron chi connectivity index (χ2n) is 3.61. The number of rotatable bonds is 3. The molecule has 0 N–H and O–H groups in total. The van der Waals surface area contributed by atoms with Crippen LogP contribution in [0.1, 0.15) is 26.2 Å². The van der Waals surface area contributed by atoms with Crippen molar-refractivity contribution in [2.45, 2.75) is 26.2 Å². The summed E-state index contributed by atoms with van der Waals surface area (Å²) in [5.74, 6) is -5.31. The first-order chi connectivity index (χ1) is 6.97. The minimum Gasteiger partial charge on any atom is -0.550 e. The van der Waals surface area contributed by atoms with Gasteiger partial charge in [0, 0.05) is 31.1 Å². The third kappa shape index (κ3) is 2.29. The summed E-state index contributed by atoms with van der Waals surface area (Å²) in [5.41, 5.74) is 0. The van der Waals surface area contributed by atoms with E-state index in [-0.39, 0.29) is 19.3 Å². The van der Waals surface area contributed by atoms with Gasteiger partial charge in [0.1, 0.15) is 5.92 Å². The van der Waals surface area contributed by atoms with Gasteiger partial charge in [-0.25, -0.2) is 0 Å². The number of carboxylic acids is 1. The van der Waals surface area contributed by atoms with Gasteiger partial charge in [-0.2, -0.15) is 0 Å². The molecule has 5 nitrogen and oxygen atoms in total. The second-order valence-corrected chi connectivity index (χ2v) is 3.61. The molecule has 0 aromatic carbocycles. The van der Waals surface area contributed by atoms with Gasteiger partial charge in [-0.15, -0.1) is 0 Å². The van der Waals surface area contributed by atoms with E-state index in [9.17, 15) is 24.3 Å². The Hall–Kier alpha value is -1.52. The zero-order valence-corrected chi connectivity index (χ0v) is 8.32. The van der Waals surface area contributed by atoms with Crippen LogP contribution in [0.2, 0.25) is 0 Å². The topological polar surface area (TPSA) is 91.3 Å². The summed E-state index contributed by atoms with van der Waals surface area (Å²) in [7, 11) is 0. The minimum absolute atomic E-state index is 0.109. The predicted octanol–water partition coefficient (Wildman–Crippen LogP) is -1.12. The average Bonchev–Trinajstić information content (AvgIpc) is 2.16. The molecule has 0 heterocycles. The summed E-state index contributed by atoms with van der Waals surface area (Å²) in [6.45, 7) is 1.56. The van der Waals surface area contributed by atoms with Crippen LogP contribution in [0.15, 0.2) is 0 Å². The first kappa shape index (κ1) is 11.6. The van der Waals surface area contributed by atoms with E-state index in [0.717, 1.165) is 0 Å². The highest BCUT2D eigenvalue weighted by atomic mass is 16.4. The van der Waals surface area contributed by atoms with Crippen molar-refractivity contribution in [3.63, 3.8) is 0 Å². The van der Waals surface area contributed by atoms with Crippen LogP contribution < -0.4 is 5.11 Å². The number of carbonyl (C=O) groups excluding carboxylic acids is 4. The lowest BCUT2D eigenvalue weighted by Gasteiger charge is -2.25. The van der Waals surface area contributed by atoms with E-state index in [4.69, 9.17) is 0 Å². The lowest BCUT2D eigenvalue weighted by atomic mass is 9.77. The Bertz CT molecular complexity index is 313.